The lowest BCUT2D eigenvalue weighted by atomic mass is 9.81. The molecule has 3 nitrogen and oxygen atoms in total. The van der Waals surface area contributed by atoms with E-state index in [9.17, 15) is 4.39 Å². The Balaban J connectivity index is 0.000000561. The van der Waals surface area contributed by atoms with E-state index in [1.165, 1.54) is 18.3 Å². The van der Waals surface area contributed by atoms with Crippen molar-refractivity contribution in [2.24, 2.45) is 0 Å². The smallest absolute Gasteiger partial charge is 0.423 e. The lowest BCUT2D eigenvalue weighted by Crippen LogP contribution is -2.33. The fourth-order valence-corrected chi connectivity index (χ4v) is 0.591. The third-order valence-corrected chi connectivity index (χ3v) is 1.07. The van der Waals surface area contributed by atoms with Gasteiger partial charge in [-0.05, 0) is 6.07 Å². The maximum absolute atomic E-state index is 12.4. The molecule has 66 valence electrons. The Morgan fingerprint density at radius 3 is 2.33 bits per heavy atom. The van der Waals surface area contributed by atoms with Crippen LogP contribution in [0.5, 0.6) is 0 Å². The molecule has 0 aliphatic heterocycles. The van der Waals surface area contributed by atoms with E-state index in [0.29, 0.717) is 0 Å². The Bertz CT molecular complexity index is 232. The Kier molecular flexibility index (Phi) is 5.24. The molecule has 0 radical (unpaired) electrons. The highest BCUT2D eigenvalue weighted by molar-refractivity contribution is 6.58. The summed E-state index contributed by atoms with van der Waals surface area (Å²) in [6.45, 7) is 4.00. The van der Waals surface area contributed by atoms with E-state index in [-0.39, 0.29) is 5.46 Å². The SMILES string of the molecule is CC.OB(O)c1cccnc1F. The van der Waals surface area contributed by atoms with E-state index < -0.39 is 13.1 Å². The van der Waals surface area contributed by atoms with E-state index in [4.69, 9.17) is 10.0 Å². The molecule has 1 rings (SSSR count). The summed E-state index contributed by atoms with van der Waals surface area (Å²) in [6.07, 6.45) is 1.24. The number of rotatable bonds is 1. The van der Waals surface area contributed by atoms with E-state index in [2.05, 4.69) is 4.98 Å². The Morgan fingerprint density at radius 2 is 2.00 bits per heavy atom. The van der Waals surface area contributed by atoms with Crippen LogP contribution in [0, 0.1) is 5.95 Å². The van der Waals surface area contributed by atoms with Crippen molar-refractivity contribution in [2.45, 2.75) is 13.8 Å². The molecule has 1 aromatic heterocycles. The molecule has 0 fully saturated rings. The Morgan fingerprint density at radius 1 is 1.42 bits per heavy atom. The summed E-state index contributed by atoms with van der Waals surface area (Å²) < 4.78 is 12.4. The quantitative estimate of drug-likeness (QED) is 0.459. The largest absolute Gasteiger partial charge is 0.493 e. The maximum atomic E-state index is 12.4. The van der Waals surface area contributed by atoms with Gasteiger partial charge in [0.05, 0.1) is 0 Å². The fraction of sp³-hybridized carbons (Fsp3) is 0.286. The molecule has 0 spiro atoms. The van der Waals surface area contributed by atoms with Gasteiger partial charge in [0.25, 0.3) is 0 Å². The topological polar surface area (TPSA) is 53.4 Å². The molecule has 0 aliphatic carbocycles. The van der Waals surface area contributed by atoms with Crippen LogP contribution in [0.25, 0.3) is 0 Å². The summed E-state index contributed by atoms with van der Waals surface area (Å²) in [7, 11) is -1.78. The number of hydrogen-bond donors (Lipinski definition) is 2. The van der Waals surface area contributed by atoms with Crippen LogP contribution >= 0.6 is 0 Å². The van der Waals surface area contributed by atoms with Crippen LogP contribution in [-0.2, 0) is 0 Å². The molecule has 0 atom stereocenters. The average Bonchev–Trinajstić information content (AvgIpc) is 2.08. The van der Waals surface area contributed by atoms with Crippen LogP contribution in [0.15, 0.2) is 18.3 Å². The van der Waals surface area contributed by atoms with Crippen molar-refractivity contribution >= 4 is 12.6 Å². The van der Waals surface area contributed by atoms with Gasteiger partial charge in [-0.15, -0.1) is 0 Å². The van der Waals surface area contributed by atoms with Gasteiger partial charge in [0.15, 0.2) is 0 Å². The summed E-state index contributed by atoms with van der Waals surface area (Å²) in [5, 5.41) is 17.0. The van der Waals surface area contributed by atoms with Crippen LogP contribution in [0.3, 0.4) is 0 Å². The second kappa shape index (κ2) is 5.68. The zero-order valence-electron chi connectivity index (χ0n) is 7.03. The first-order chi connectivity index (χ1) is 5.72. The van der Waals surface area contributed by atoms with Gasteiger partial charge in [0.2, 0.25) is 5.95 Å². The molecule has 0 aromatic carbocycles. The minimum atomic E-state index is -1.78. The third kappa shape index (κ3) is 2.98. The molecule has 0 aliphatic rings. The van der Waals surface area contributed by atoms with Gasteiger partial charge in [-0.25, -0.2) is 4.98 Å². The molecule has 0 saturated carbocycles. The van der Waals surface area contributed by atoms with Crippen LogP contribution in [0.1, 0.15) is 13.8 Å². The lowest BCUT2D eigenvalue weighted by molar-refractivity contribution is 0.422. The molecule has 0 bridgehead atoms. The van der Waals surface area contributed by atoms with E-state index in [0.717, 1.165) is 0 Å². The molecule has 12 heavy (non-hydrogen) atoms. The number of aromatic nitrogens is 1. The van der Waals surface area contributed by atoms with Gasteiger partial charge < -0.3 is 10.0 Å². The van der Waals surface area contributed by atoms with E-state index >= 15 is 0 Å². The first kappa shape index (κ1) is 11.1. The number of halogens is 1. The van der Waals surface area contributed by atoms with Crippen LogP contribution < -0.4 is 5.46 Å². The van der Waals surface area contributed by atoms with Gasteiger partial charge in [0.1, 0.15) is 0 Å². The molecule has 5 heteroatoms. The van der Waals surface area contributed by atoms with Crippen LogP contribution in [0.4, 0.5) is 4.39 Å². The minimum absolute atomic E-state index is 0.206. The molecule has 0 amide bonds. The molecular formula is C7H11BFNO2. The van der Waals surface area contributed by atoms with Gasteiger partial charge in [-0.3, -0.25) is 0 Å². The van der Waals surface area contributed by atoms with Gasteiger partial charge in [-0.2, -0.15) is 4.39 Å². The van der Waals surface area contributed by atoms with Gasteiger partial charge in [-0.1, -0.05) is 19.9 Å². The van der Waals surface area contributed by atoms with Crippen molar-refractivity contribution in [3.05, 3.63) is 24.3 Å². The standard InChI is InChI=1S/C5H5BFNO2.C2H6/c7-5-4(6(9)10)2-1-3-8-5;1-2/h1-3,9-10H;1-2H3. The zero-order chi connectivity index (χ0) is 9.56. The minimum Gasteiger partial charge on any atom is -0.423 e. The Hall–Kier alpha value is -0.935. The summed E-state index contributed by atoms with van der Waals surface area (Å²) in [5.41, 5.74) is -0.206. The first-order valence-corrected chi connectivity index (χ1v) is 3.68. The highest BCUT2D eigenvalue weighted by atomic mass is 19.1. The van der Waals surface area contributed by atoms with Crippen molar-refractivity contribution in [1.82, 2.24) is 4.98 Å². The van der Waals surface area contributed by atoms with Crippen LogP contribution in [-0.4, -0.2) is 22.2 Å². The zero-order valence-corrected chi connectivity index (χ0v) is 7.03. The molecular weight excluding hydrogens is 160 g/mol. The predicted molar refractivity (Wildman–Crippen MR) is 45.4 cm³/mol. The van der Waals surface area contributed by atoms with Gasteiger partial charge in [0, 0.05) is 11.7 Å². The molecule has 0 saturated heterocycles. The highest BCUT2D eigenvalue weighted by Gasteiger charge is 2.15. The predicted octanol–water partition coefficient (Wildman–Crippen LogP) is -0.0733. The van der Waals surface area contributed by atoms with Crippen molar-refractivity contribution < 1.29 is 14.4 Å². The number of hydrogen-bond acceptors (Lipinski definition) is 3. The van der Waals surface area contributed by atoms with Crippen molar-refractivity contribution in [3.63, 3.8) is 0 Å². The first-order valence-electron chi connectivity index (χ1n) is 3.68. The van der Waals surface area contributed by atoms with Gasteiger partial charge >= 0.3 is 7.12 Å². The summed E-state index contributed by atoms with van der Waals surface area (Å²) >= 11 is 0. The fourth-order valence-electron chi connectivity index (χ4n) is 0.591. The maximum Gasteiger partial charge on any atom is 0.493 e. The molecule has 2 N–H and O–H groups in total. The molecule has 1 aromatic rings. The number of nitrogens with zero attached hydrogens (tertiary/aromatic N) is 1. The molecule has 0 unspecified atom stereocenters. The second-order valence-corrected chi connectivity index (χ2v) is 1.76. The Labute approximate surface area is 71.0 Å². The lowest BCUT2D eigenvalue weighted by Gasteiger charge is -1.97. The van der Waals surface area contributed by atoms with E-state index in [1.807, 2.05) is 13.8 Å². The summed E-state index contributed by atoms with van der Waals surface area (Å²) in [6, 6.07) is 2.69. The van der Waals surface area contributed by atoms with E-state index in [1.54, 1.807) is 0 Å². The monoisotopic (exact) mass is 171 g/mol. The van der Waals surface area contributed by atoms with Crippen molar-refractivity contribution in [3.8, 4) is 0 Å². The highest BCUT2D eigenvalue weighted by Crippen LogP contribution is 1.87. The second-order valence-electron chi connectivity index (χ2n) is 1.76. The number of pyridine rings is 1. The van der Waals surface area contributed by atoms with Crippen molar-refractivity contribution in [1.29, 1.82) is 0 Å². The average molecular weight is 171 g/mol. The molecule has 1 heterocycles. The summed E-state index contributed by atoms with van der Waals surface area (Å²) in [5.74, 6) is -0.850. The summed E-state index contributed by atoms with van der Waals surface area (Å²) in [4.78, 5) is 3.21. The van der Waals surface area contributed by atoms with Crippen molar-refractivity contribution in [2.75, 3.05) is 0 Å². The van der Waals surface area contributed by atoms with Crippen LogP contribution in [0.2, 0.25) is 0 Å². The third-order valence-electron chi connectivity index (χ3n) is 1.07. The normalized spacial score (nSPS) is 8.42.